The normalized spacial score (nSPS) is 45.4. The van der Waals surface area contributed by atoms with E-state index < -0.39 is 0 Å². The van der Waals surface area contributed by atoms with E-state index in [2.05, 4.69) is 20.8 Å². The summed E-state index contributed by atoms with van der Waals surface area (Å²) in [5.41, 5.74) is 7.56. The Morgan fingerprint density at radius 1 is 1.06 bits per heavy atom. The number of aliphatic hydroxyl groups excluding tert-OH is 1. The summed E-state index contributed by atoms with van der Waals surface area (Å²) < 4.78 is 5.92. The fraction of sp³-hybridized carbons (Fsp3) is 0.750. The van der Waals surface area contributed by atoms with Gasteiger partial charge in [-0.2, -0.15) is 0 Å². The summed E-state index contributed by atoms with van der Waals surface area (Å²) in [5, 5.41) is 11.4. The van der Waals surface area contributed by atoms with Crippen molar-refractivity contribution in [3.8, 4) is 0 Å². The van der Waals surface area contributed by atoms with E-state index >= 15 is 0 Å². The Hall–Kier alpha value is -1.55. The van der Waals surface area contributed by atoms with Gasteiger partial charge in [-0.1, -0.05) is 33.3 Å². The molecule has 4 heteroatoms. The van der Waals surface area contributed by atoms with Gasteiger partial charge in [-0.3, -0.25) is 0 Å². The molecule has 0 radical (unpaired) electrons. The zero-order valence-electron chi connectivity index (χ0n) is 20.1. The Morgan fingerprint density at radius 3 is 2.56 bits per heavy atom. The van der Waals surface area contributed by atoms with E-state index in [-0.39, 0.29) is 29.5 Å². The Labute approximate surface area is 193 Å². The summed E-state index contributed by atoms with van der Waals surface area (Å²) in [7, 11) is 0. The number of nitrogens with two attached hydrogens (primary N) is 1. The van der Waals surface area contributed by atoms with Gasteiger partial charge in [0.15, 0.2) is 0 Å². The molecule has 0 amide bonds. The van der Waals surface area contributed by atoms with Crippen molar-refractivity contribution in [1.29, 1.82) is 0 Å². The van der Waals surface area contributed by atoms with Crippen LogP contribution in [0, 0.1) is 40.4 Å². The molecule has 0 spiro atoms. The van der Waals surface area contributed by atoms with Crippen molar-refractivity contribution in [2.45, 2.75) is 90.8 Å². The first-order chi connectivity index (χ1) is 15.3. The van der Waals surface area contributed by atoms with Gasteiger partial charge in [-0.25, -0.2) is 4.79 Å². The molecule has 0 saturated heterocycles. The molecule has 9 unspecified atom stereocenters. The lowest BCUT2D eigenvalue weighted by Crippen LogP contribution is -2.58. The van der Waals surface area contributed by atoms with Crippen LogP contribution in [0.3, 0.4) is 0 Å². The monoisotopic (exact) mass is 439 g/mol. The Morgan fingerprint density at radius 2 is 1.81 bits per heavy atom. The van der Waals surface area contributed by atoms with Crippen LogP contribution in [0.2, 0.25) is 0 Å². The van der Waals surface area contributed by atoms with Crippen molar-refractivity contribution in [3.05, 3.63) is 29.8 Å². The molecule has 4 fully saturated rings. The second-order valence-electron chi connectivity index (χ2n) is 11.9. The van der Waals surface area contributed by atoms with Gasteiger partial charge in [0.05, 0.1) is 11.7 Å². The van der Waals surface area contributed by atoms with E-state index in [0.717, 1.165) is 37.5 Å². The van der Waals surface area contributed by atoms with Crippen LogP contribution in [-0.2, 0) is 4.74 Å². The smallest absolute Gasteiger partial charge is 0.338 e. The van der Waals surface area contributed by atoms with Gasteiger partial charge in [-0.05, 0) is 110 Å². The predicted molar refractivity (Wildman–Crippen MR) is 127 cm³/mol. The third-order valence-corrected chi connectivity index (χ3v) is 10.7. The molecule has 4 aliphatic rings. The maximum atomic E-state index is 12.7. The Kier molecular flexibility index (Phi) is 5.59. The topological polar surface area (TPSA) is 72.5 Å². The molecule has 0 bridgehead atoms. The molecule has 4 nitrogen and oxygen atoms in total. The number of hydrogen-bond donors (Lipinski definition) is 2. The number of ether oxygens (including phenoxy) is 1. The largest absolute Gasteiger partial charge is 0.459 e. The number of aliphatic hydroxyl groups is 1. The summed E-state index contributed by atoms with van der Waals surface area (Å²) in [5.74, 6) is 2.93. The zero-order chi connectivity index (χ0) is 22.7. The molecule has 176 valence electrons. The summed E-state index contributed by atoms with van der Waals surface area (Å²) in [6, 6.07) is 7.01. The van der Waals surface area contributed by atoms with Crippen molar-refractivity contribution < 1.29 is 14.6 Å². The van der Waals surface area contributed by atoms with Crippen LogP contribution in [0.25, 0.3) is 0 Å². The van der Waals surface area contributed by atoms with Crippen molar-refractivity contribution in [1.82, 2.24) is 0 Å². The van der Waals surface area contributed by atoms with Crippen molar-refractivity contribution in [2.75, 3.05) is 5.73 Å². The number of nitrogen functional groups attached to an aromatic ring is 1. The van der Waals surface area contributed by atoms with Crippen LogP contribution in [0.5, 0.6) is 0 Å². The Bertz CT molecular complexity index is 870. The molecule has 5 rings (SSSR count). The maximum absolute atomic E-state index is 12.7. The number of rotatable bonds is 3. The van der Waals surface area contributed by atoms with Gasteiger partial charge in [0, 0.05) is 5.69 Å². The first kappa shape index (κ1) is 22.3. The molecule has 0 aromatic heterocycles. The highest BCUT2D eigenvalue weighted by Gasteiger charge is 2.61. The predicted octanol–water partition coefficient (Wildman–Crippen LogP) is 5.83. The first-order valence-electron chi connectivity index (χ1n) is 13.0. The summed E-state index contributed by atoms with van der Waals surface area (Å²) in [6.45, 7) is 7.37. The molecular weight excluding hydrogens is 398 g/mol. The van der Waals surface area contributed by atoms with E-state index in [1.807, 2.05) is 0 Å². The molecule has 0 heterocycles. The molecule has 1 aromatic rings. The average molecular weight is 440 g/mol. The van der Waals surface area contributed by atoms with E-state index in [1.165, 1.54) is 32.1 Å². The van der Waals surface area contributed by atoms with Crippen LogP contribution in [0.15, 0.2) is 24.3 Å². The minimum Gasteiger partial charge on any atom is -0.459 e. The maximum Gasteiger partial charge on any atom is 0.338 e. The molecule has 9 atom stereocenters. The van der Waals surface area contributed by atoms with E-state index in [0.29, 0.717) is 28.5 Å². The lowest BCUT2D eigenvalue weighted by atomic mass is 9.44. The van der Waals surface area contributed by atoms with E-state index in [4.69, 9.17) is 10.5 Å². The molecule has 4 aliphatic carbocycles. The average Bonchev–Trinajstić information content (AvgIpc) is 3.11. The number of hydrogen-bond acceptors (Lipinski definition) is 4. The van der Waals surface area contributed by atoms with Crippen LogP contribution in [-0.4, -0.2) is 23.3 Å². The lowest BCUT2D eigenvalue weighted by Gasteiger charge is -2.62. The third-order valence-electron chi connectivity index (χ3n) is 10.7. The second-order valence-corrected chi connectivity index (χ2v) is 11.9. The van der Waals surface area contributed by atoms with Crippen LogP contribution in [0.4, 0.5) is 5.69 Å². The highest BCUT2D eigenvalue weighted by atomic mass is 16.5. The number of anilines is 1. The quantitative estimate of drug-likeness (QED) is 0.459. The number of benzene rings is 1. The standard InChI is InChI=1S/C28H41NO3/c1-4-18-8-9-22-21-16-25(30)24-15-20(32-26(31)17-6-5-7-19(29)14-17)10-12-28(24,3)23(21)11-13-27(18,22)2/h5-7,14,18,20-25,30H,4,8-13,15-16,29H2,1-3H3. The van der Waals surface area contributed by atoms with Gasteiger partial charge >= 0.3 is 5.97 Å². The lowest BCUT2D eigenvalue weighted by molar-refractivity contribution is -0.171. The molecule has 32 heavy (non-hydrogen) atoms. The van der Waals surface area contributed by atoms with E-state index in [1.54, 1.807) is 24.3 Å². The SMILES string of the molecule is CCC1CCC2C3CC(O)C4CC(OC(=O)c5cccc(N)c5)CCC4(C)C3CCC12C. The molecular formula is C28H41NO3. The van der Waals surface area contributed by atoms with Gasteiger partial charge < -0.3 is 15.6 Å². The van der Waals surface area contributed by atoms with Crippen LogP contribution >= 0.6 is 0 Å². The van der Waals surface area contributed by atoms with Gasteiger partial charge in [0.1, 0.15) is 6.10 Å². The number of carbonyl (C=O) groups excluding carboxylic acids is 1. The van der Waals surface area contributed by atoms with Gasteiger partial charge in [-0.15, -0.1) is 0 Å². The summed E-state index contributed by atoms with van der Waals surface area (Å²) in [6.07, 6.45) is 9.96. The van der Waals surface area contributed by atoms with Gasteiger partial charge in [0.2, 0.25) is 0 Å². The second kappa shape index (κ2) is 8.04. The summed E-state index contributed by atoms with van der Waals surface area (Å²) >= 11 is 0. The molecule has 0 aliphatic heterocycles. The fourth-order valence-corrected chi connectivity index (χ4v) is 9.03. The molecule has 1 aromatic carbocycles. The Balaban J connectivity index is 1.31. The highest BCUT2D eigenvalue weighted by Crippen LogP contribution is 2.67. The fourth-order valence-electron chi connectivity index (χ4n) is 9.03. The van der Waals surface area contributed by atoms with Crippen molar-refractivity contribution in [3.63, 3.8) is 0 Å². The minimum absolute atomic E-state index is 0.113. The van der Waals surface area contributed by atoms with Crippen molar-refractivity contribution in [2.24, 2.45) is 40.4 Å². The van der Waals surface area contributed by atoms with Gasteiger partial charge in [0.25, 0.3) is 0 Å². The zero-order valence-corrected chi connectivity index (χ0v) is 20.1. The van der Waals surface area contributed by atoms with Crippen LogP contribution < -0.4 is 5.73 Å². The number of fused-ring (bicyclic) bond motifs is 5. The minimum atomic E-state index is -0.293. The first-order valence-corrected chi connectivity index (χ1v) is 13.0. The third kappa shape index (κ3) is 3.40. The van der Waals surface area contributed by atoms with Crippen LogP contribution in [0.1, 0.15) is 88.9 Å². The molecule has 3 N–H and O–H groups in total. The van der Waals surface area contributed by atoms with Crippen molar-refractivity contribution >= 4 is 11.7 Å². The molecule has 4 saturated carbocycles. The van der Waals surface area contributed by atoms with E-state index in [9.17, 15) is 9.90 Å². The summed E-state index contributed by atoms with van der Waals surface area (Å²) in [4.78, 5) is 12.7. The highest BCUT2D eigenvalue weighted by molar-refractivity contribution is 5.90. The number of carbonyl (C=O) groups is 1. The number of esters is 1.